The topological polar surface area (TPSA) is 76.3 Å². The van der Waals surface area contributed by atoms with Gasteiger partial charge in [0.1, 0.15) is 11.6 Å². The number of nitrogens with two attached hydrogens (primary N) is 1. The Kier molecular flexibility index (Phi) is 4.42. The average molecular weight is 265 g/mol. The van der Waals surface area contributed by atoms with E-state index in [9.17, 15) is 0 Å². The van der Waals surface area contributed by atoms with Crippen molar-refractivity contribution in [1.29, 1.82) is 0 Å². The Labute approximate surface area is 114 Å². The highest BCUT2D eigenvalue weighted by Gasteiger charge is 2.23. The zero-order valence-corrected chi connectivity index (χ0v) is 11.9. The molecule has 1 saturated heterocycles. The molecule has 0 radical (unpaired) electrons. The Morgan fingerprint density at radius 2 is 2.05 bits per heavy atom. The van der Waals surface area contributed by atoms with Crippen LogP contribution in [0.25, 0.3) is 0 Å². The minimum atomic E-state index is 0.201. The largest absolute Gasteiger partial charge is 0.372 e. The van der Waals surface area contributed by atoms with Crippen LogP contribution in [0.5, 0.6) is 0 Å². The maximum atomic E-state index is 5.79. The Balaban J connectivity index is 2.16. The van der Waals surface area contributed by atoms with Gasteiger partial charge in [0.15, 0.2) is 0 Å². The summed E-state index contributed by atoms with van der Waals surface area (Å²) >= 11 is 0. The van der Waals surface area contributed by atoms with Crippen LogP contribution in [0.15, 0.2) is 6.07 Å². The third-order valence-electron chi connectivity index (χ3n) is 3.03. The normalized spacial score (nSPS) is 23.4. The number of morpholine rings is 1. The van der Waals surface area contributed by atoms with Gasteiger partial charge >= 0.3 is 0 Å². The molecule has 19 heavy (non-hydrogen) atoms. The SMILES string of the molecule is CCCNc1cc(N2CC(C)OC(C)C2)nc(N)n1. The molecule has 2 unspecified atom stereocenters. The number of hydrogen-bond donors (Lipinski definition) is 2. The fourth-order valence-electron chi connectivity index (χ4n) is 2.32. The molecule has 6 nitrogen and oxygen atoms in total. The number of rotatable bonds is 4. The smallest absolute Gasteiger partial charge is 0.223 e. The first kappa shape index (κ1) is 13.9. The van der Waals surface area contributed by atoms with Gasteiger partial charge in [-0.3, -0.25) is 0 Å². The molecule has 0 aliphatic carbocycles. The van der Waals surface area contributed by atoms with Crippen molar-refractivity contribution in [2.24, 2.45) is 0 Å². The lowest BCUT2D eigenvalue weighted by Crippen LogP contribution is -2.46. The van der Waals surface area contributed by atoms with Gasteiger partial charge in [-0.1, -0.05) is 6.92 Å². The van der Waals surface area contributed by atoms with Crippen LogP contribution in [-0.4, -0.2) is 41.8 Å². The van der Waals surface area contributed by atoms with Crippen LogP contribution in [0.1, 0.15) is 27.2 Å². The maximum absolute atomic E-state index is 5.79. The van der Waals surface area contributed by atoms with Crippen molar-refractivity contribution in [3.63, 3.8) is 0 Å². The van der Waals surface area contributed by atoms with E-state index in [0.717, 1.165) is 37.7 Å². The Morgan fingerprint density at radius 1 is 1.37 bits per heavy atom. The van der Waals surface area contributed by atoms with E-state index in [0.29, 0.717) is 5.95 Å². The van der Waals surface area contributed by atoms with Gasteiger partial charge in [0.25, 0.3) is 0 Å². The summed E-state index contributed by atoms with van der Waals surface area (Å²) < 4.78 is 5.73. The lowest BCUT2D eigenvalue weighted by Gasteiger charge is -2.36. The number of aromatic nitrogens is 2. The molecule has 106 valence electrons. The highest BCUT2D eigenvalue weighted by molar-refractivity contribution is 5.53. The van der Waals surface area contributed by atoms with Crippen LogP contribution in [0.2, 0.25) is 0 Å². The van der Waals surface area contributed by atoms with E-state index in [1.165, 1.54) is 0 Å². The molecule has 2 heterocycles. The van der Waals surface area contributed by atoms with E-state index < -0.39 is 0 Å². The van der Waals surface area contributed by atoms with Crippen LogP contribution in [-0.2, 0) is 4.74 Å². The second-order valence-corrected chi connectivity index (χ2v) is 5.06. The lowest BCUT2D eigenvalue weighted by atomic mass is 10.2. The van der Waals surface area contributed by atoms with Crippen LogP contribution < -0.4 is 16.0 Å². The quantitative estimate of drug-likeness (QED) is 0.859. The lowest BCUT2D eigenvalue weighted by molar-refractivity contribution is -0.00545. The van der Waals surface area contributed by atoms with E-state index in [2.05, 4.69) is 41.0 Å². The standard InChI is InChI=1S/C13H23N5O/c1-4-5-15-11-6-12(17-13(14)16-11)18-7-9(2)19-10(3)8-18/h6,9-10H,4-5,7-8H2,1-3H3,(H3,14,15,16,17). The maximum Gasteiger partial charge on any atom is 0.223 e. The molecular weight excluding hydrogens is 242 g/mol. The molecular formula is C13H23N5O. The zero-order valence-electron chi connectivity index (χ0n) is 11.9. The van der Waals surface area contributed by atoms with Gasteiger partial charge in [-0.25, -0.2) is 0 Å². The molecule has 0 bridgehead atoms. The number of nitrogens with one attached hydrogen (secondary N) is 1. The highest BCUT2D eigenvalue weighted by atomic mass is 16.5. The first-order valence-corrected chi connectivity index (χ1v) is 6.87. The van der Waals surface area contributed by atoms with Gasteiger partial charge in [0.2, 0.25) is 5.95 Å². The summed E-state index contributed by atoms with van der Waals surface area (Å²) in [6.45, 7) is 8.80. The summed E-state index contributed by atoms with van der Waals surface area (Å²) in [4.78, 5) is 10.7. The summed E-state index contributed by atoms with van der Waals surface area (Å²) in [5, 5.41) is 3.25. The molecule has 0 spiro atoms. The Hall–Kier alpha value is -1.56. The molecule has 2 rings (SSSR count). The summed E-state index contributed by atoms with van der Waals surface area (Å²) in [6, 6.07) is 1.96. The molecule has 0 amide bonds. The van der Waals surface area contributed by atoms with Crippen LogP contribution in [0.3, 0.4) is 0 Å². The molecule has 1 aromatic heterocycles. The average Bonchev–Trinajstić information content (AvgIpc) is 2.34. The van der Waals surface area contributed by atoms with Gasteiger partial charge in [0, 0.05) is 25.7 Å². The van der Waals surface area contributed by atoms with Gasteiger partial charge in [-0.15, -0.1) is 0 Å². The van der Waals surface area contributed by atoms with E-state index in [-0.39, 0.29) is 12.2 Å². The van der Waals surface area contributed by atoms with Crippen molar-refractivity contribution in [2.45, 2.75) is 39.4 Å². The molecule has 1 aromatic rings. The number of ether oxygens (including phenoxy) is 1. The van der Waals surface area contributed by atoms with E-state index in [1.54, 1.807) is 0 Å². The predicted octanol–water partition coefficient (Wildman–Crippen LogP) is 1.49. The minimum Gasteiger partial charge on any atom is -0.372 e. The molecule has 1 fully saturated rings. The Morgan fingerprint density at radius 3 is 2.68 bits per heavy atom. The number of anilines is 3. The third-order valence-corrected chi connectivity index (χ3v) is 3.03. The summed E-state index contributed by atoms with van der Waals surface area (Å²) in [7, 11) is 0. The summed E-state index contributed by atoms with van der Waals surface area (Å²) in [6.07, 6.45) is 1.45. The highest BCUT2D eigenvalue weighted by Crippen LogP contribution is 2.21. The van der Waals surface area contributed by atoms with Crippen molar-refractivity contribution < 1.29 is 4.74 Å². The zero-order chi connectivity index (χ0) is 13.8. The molecule has 6 heteroatoms. The molecule has 2 atom stereocenters. The van der Waals surface area contributed by atoms with Crippen molar-refractivity contribution in [1.82, 2.24) is 9.97 Å². The minimum absolute atomic E-state index is 0.201. The monoisotopic (exact) mass is 265 g/mol. The van der Waals surface area contributed by atoms with Crippen molar-refractivity contribution in [2.75, 3.05) is 35.6 Å². The molecule has 0 saturated carbocycles. The van der Waals surface area contributed by atoms with E-state index in [1.807, 2.05) is 6.07 Å². The van der Waals surface area contributed by atoms with Crippen LogP contribution in [0.4, 0.5) is 17.6 Å². The Bertz CT molecular complexity index is 415. The van der Waals surface area contributed by atoms with E-state index in [4.69, 9.17) is 10.5 Å². The molecule has 1 aliphatic heterocycles. The first-order chi connectivity index (χ1) is 9.08. The summed E-state index contributed by atoms with van der Waals surface area (Å²) in [5.41, 5.74) is 5.79. The number of hydrogen-bond acceptors (Lipinski definition) is 6. The fraction of sp³-hybridized carbons (Fsp3) is 0.692. The third kappa shape index (κ3) is 3.70. The molecule has 3 N–H and O–H groups in total. The van der Waals surface area contributed by atoms with Gasteiger partial charge in [0.05, 0.1) is 12.2 Å². The fourth-order valence-corrected chi connectivity index (χ4v) is 2.32. The second-order valence-electron chi connectivity index (χ2n) is 5.06. The van der Waals surface area contributed by atoms with Crippen LogP contribution >= 0.6 is 0 Å². The second kappa shape index (κ2) is 6.06. The van der Waals surface area contributed by atoms with Gasteiger partial charge in [-0.2, -0.15) is 9.97 Å². The molecule has 1 aliphatic rings. The van der Waals surface area contributed by atoms with Crippen molar-refractivity contribution >= 4 is 17.6 Å². The van der Waals surface area contributed by atoms with Crippen LogP contribution in [0, 0.1) is 0 Å². The van der Waals surface area contributed by atoms with Crippen molar-refractivity contribution in [3.8, 4) is 0 Å². The van der Waals surface area contributed by atoms with E-state index >= 15 is 0 Å². The summed E-state index contributed by atoms with van der Waals surface area (Å²) in [5.74, 6) is 1.96. The van der Waals surface area contributed by atoms with Gasteiger partial charge in [-0.05, 0) is 20.3 Å². The first-order valence-electron chi connectivity index (χ1n) is 6.87. The molecule has 0 aromatic carbocycles. The number of nitrogen functional groups attached to an aromatic ring is 1. The number of nitrogens with zero attached hydrogens (tertiary/aromatic N) is 3. The predicted molar refractivity (Wildman–Crippen MR) is 77.4 cm³/mol. The van der Waals surface area contributed by atoms with Gasteiger partial charge < -0.3 is 20.7 Å². The van der Waals surface area contributed by atoms with Crippen molar-refractivity contribution in [3.05, 3.63) is 6.07 Å².